The van der Waals surface area contributed by atoms with Gasteiger partial charge in [-0.15, -0.1) is 0 Å². The molecule has 8 heavy (non-hydrogen) atoms. The predicted molar refractivity (Wildman–Crippen MR) is 38.8 cm³/mol. The summed E-state index contributed by atoms with van der Waals surface area (Å²) in [5, 5.41) is 9.08. The second-order valence-electron chi connectivity index (χ2n) is 2.30. The molecule has 2 nitrogen and oxygen atoms in total. The first-order valence-corrected chi connectivity index (χ1v) is 3.62. The van der Waals surface area contributed by atoms with Gasteiger partial charge in [0.1, 0.15) is 0 Å². The van der Waals surface area contributed by atoms with Crippen molar-refractivity contribution >= 4 is 23.9 Å². The number of aliphatic hydroxyl groups is 1. The maximum Gasteiger partial charge on any atom is 0.185 e. The molecule has 0 aromatic rings. The Morgan fingerprint density at radius 2 is 2.25 bits per heavy atom. The van der Waals surface area contributed by atoms with Crippen molar-refractivity contribution in [1.29, 1.82) is 0 Å². The molecule has 1 N–H and O–H groups in total. The van der Waals surface area contributed by atoms with E-state index in [0.717, 1.165) is 13.1 Å². The Morgan fingerprint density at radius 1 is 1.62 bits per heavy atom. The van der Waals surface area contributed by atoms with Gasteiger partial charge in [-0.05, 0) is 0 Å². The molecule has 1 fully saturated rings. The highest BCUT2D eigenvalue weighted by molar-refractivity contribution is 9.09. The van der Waals surface area contributed by atoms with Gasteiger partial charge < -0.3 is 9.92 Å². The van der Waals surface area contributed by atoms with Crippen LogP contribution >= 0.6 is 15.9 Å². The summed E-state index contributed by atoms with van der Waals surface area (Å²) in [6.07, 6.45) is -0.167. The maximum atomic E-state index is 9.08. The highest BCUT2D eigenvalue weighted by atomic mass is 79.9. The Kier molecular flexibility index (Phi) is 1.95. The summed E-state index contributed by atoms with van der Waals surface area (Å²) in [4.78, 5) is 2.39. The van der Waals surface area contributed by atoms with E-state index >= 15 is 0 Å². The summed E-state index contributed by atoms with van der Waals surface area (Å²) >= 11 is 3.35. The molecule has 2 unspecified atom stereocenters. The molecule has 0 bridgehead atoms. The average molecular weight is 178 g/mol. The van der Waals surface area contributed by atoms with E-state index in [9.17, 15) is 0 Å². The molecule has 4 heteroatoms. The van der Waals surface area contributed by atoms with E-state index < -0.39 is 0 Å². The van der Waals surface area contributed by atoms with E-state index in [0.29, 0.717) is 0 Å². The Labute approximate surface area is 58.4 Å². The summed E-state index contributed by atoms with van der Waals surface area (Å²) in [5.41, 5.74) is 0. The Balaban J connectivity index is 2.39. The molecule has 46 valence electrons. The summed E-state index contributed by atoms with van der Waals surface area (Å²) in [6, 6.07) is 0. The van der Waals surface area contributed by atoms with Crippen LogP contribution in [0.4, 0.5) is 0 Å². The normalized spacial score (nSPS) is 40.8. The molecule has 0 saturated carbocycles. The SMILES string of the molecule is BN1CC(O)C(Br)C1. The van der Waals surface area contributed by atoms with Crippen molar-refractivity contribution in [2.75, 3.05) is 13.1 Å². The van der Waals surface area contributed by atoms with Gasteiger partial charge in [-0.2, -0.15) is 0 Å². The van der Waals surface area contributed by atoms with E-state index in [2.05, 4.69) is 20.7 Å². The van der Waals surface area contributed by atoms with Gasteiger partial charge in [0.2, 0.25) is 0 Å². The fraction of sp³-hybridized carbons (Fsp3) is 1.00. The number of alkyl halides is 1. The second-order valence-corrected chi connectivity index (χ2v) is 3.48. The molecular formula is C4H9BBrNO. The molecular weight excluding hydrogens is 169 g/mol. The first-order valence-electron chi connectivity index (χ1n) is 2.71. The van der Waals surface area contributed by atoms with E-state index in [-0.39, 0.29) is 10.9 Å². The smallest absolute Gasteiger partial charge is 0.185 e. The minimum absolute atomic E-state index is 0.167. The van der Waals surface area contributed by atoms with Crippen LogP contribution in [0.15, 0.2) is 0 Å². The van der Waals surface area contributed by atoms with Crippen molar-refractivity contribution in [3.8, 4) is 0 Å². The van der Waals surface area contributed by atoms with Crippen LogP contribution in [-0.4, -0.2) is 41.9 Å². The van der Waals surface area contributed by atoms with Gasteiger partial charge >= 0.3 is 0 Å². The molecule has 0 spiro atoms. The van der Waals surface area contributed by atoms with Gasteiger partial charge in [0, 0.05) is 13.1 Å². The maximum absolute atomic E-state index is 9.08. The van der Waals surface area contributed by atoms with Crippen LogP contribution in [0.2, 0.25) is 0 Å². The lowest BCUT2D eigenvalue weighted by Crippen LogP contribution is -2.18. The largest absolute Gasteiger partial charge is 0.391 e. The number of halogens is 1. The zero-order valence-electron chi connectivity index (χ0n) is 4.84. The lowest BCUT2D eigenvalue weighted by Gasteiger charge is -2.02. The van der Waals surface area contributed by atoms with Crippen molar-refractivity contribution in [2.45, 2.75) is 10.9 Å². The summed E-state index contributed by atoms with van der Waals surface area (Å²) in [7, 11) is 2.00. The standard InChI is InChI=1S/C4H9BBrNO/c5-7-1-3(6)4(8)2-7/h3-4,8H,1-2,5H2. The first kappa shape index (κ1) is 6.58. The van der Waals surface area contributed by atoms with E-state index in [1.807, 2.05) is 7.98 Å². The molecule has 0 aromatic heterocycles. The van der Waals surface area contributed by atoms with Crippen LogP contribution in [0.1, 0.15) is 0 Å². The molecule has 2 atom stereocenters. The highest BCUT2D eigenvalue weighted by Gasteiger charge is 2.25. The quantitative estimate of drug-likeness (QED) is 0.378. The average Bonchev–Trinajstić information content (AvgIpc) is 1.85. The van der Waals surface area contributed by atoms with E-state index in [4.69, 9.17) is 5.11 Å². The number of hydrogen-bond donors (Lipinski definition) is 1. The van der Waals surface area contributed by atoms with Crippen LogP contribution < -0.4 is 0 Å². The fourth-order valence-electron chi connectivity index (χ4n) is 0.928. The van der Waals surface area contributed by atoms with Crippen molar-refractivity contribution in [2.24, 2.45) is 0 Å². The van der Waals surface area contributed by atoms with Crippen LogP contribution in [-0.2, 0) is 0 Å². The van der Waals surface area contributed by atoms with Crippen LogP contribution in [0, 0.1) is 0 Å². The van der Waals surface area contributed by atoms with Crippen LogP contribution in [0.5, 0.6) is 0 Å². The molecule has 1 rings (SSSR count). The summed E-state index contributed by atoms with van der Waals surface area (Å²) in [5.74, 6) is 0. The fourth-order valence-corrected chi connectivity index (χ4v) is 1.59. The second kappa shape index (κ2) is 2.37. The molecule has 1 heterocycles. The highest BCUT2D eigenvalue weighted by Crippen LogP contribution is 2.14. The Morgan fingerprint density at radius 3 is 2.38 bits per heavy atom. The minimum atomic E-state index is -0.167. The molecule has 0 aromatic carbocycles. The van der Waals surface area contributed by atoms with Gasteiger partial charge in [0.05, 0.1) is 10.9 Å². The first-order chi connectivity index (χ1) is 3.70. The summed E-state index contributed by atoms with van der Waals surface area (Å²) < 4.78 is 0. The van der Waals surface area contributed by atoms with E-state index in [1.165, 1.54) is 0 Å². The third-order valence-corrected chi connectivity index (χ3v) is 2.30. The van der Waals surface area contributed by atoms with Crippen molar-refractivity contribution in [3.05, 3.63) is 0 Å². The number of aliphatic hydroxyl groups excluding tert-OH is 1. The van der Waals surface area contributed by atoms with Gasteiger partial charge in [-0.1, -0.05) is 15.9 Å². The van der Waals surface area contributed by atoms with E-state index in [1.54, 1.807) is 0 Å². The molecule has 0 aliphatic carbocycles. The number of rotatable bonds is 0. The molecule has 1 saturated heterocycles. The number of nitrogens with zero attached hydrogens (tertiary/aromatic N) is 1. The zero-order valence-corrected chi connectivity index (χ0v) is 6.43. The predicted octanol–water partition coefficient (Wildman–Crippen LogP) is -1.03. The molecule has 0 amide bonds. The van der Waals surface area contributed by atoms with Crippen molar-refractivity contribution in [3.63, 3.8) is 0 Å². The monoisotopic (exact) mass is 177 g/mol. The molecule has 1 aliphatic rings. The third kappa shape index (κ3) is 1.24. The van der Waals surface area contributed by atoms with Crippen molar-refractivity contribution in [1.82, 2.24) is 4.81 Å². The summed E-state index contributed by atoms with van der Waals surface area (Å²) in [6.45, 7) is 1.76. The molecule has 0 radical (unpaired) electrons. The van der Waals surface area contributed by atoms with Crippen LogP contribution in [0.25, 0.3) is 0 Å². The minimum Gasteiger partial charge on any atom is -0.391 e. The van der Waals surface area contributed by atoms with Gasteiger partial charge in [0.15, 0.2) is 7.98 Å². The topological polar surface area (TPSA) is 23.5 Å². The lowest BCUT2D eigenvalue weighted by atomic mass is 10.3. The Bertz CT molecular complexity index is 82.1. The Hall–Kier alpha value is 0.465. The van der Waals surface area contributed by atoms with Gasteiger partial charge in [0.25, 0.3) is 0 Å². The molecule has 1 aliphatic heterocycles. The third-order valence-electron chi connectivity index (χ3n) is 1.40. The number of hydrogen-bond acceptors (Lipinski definition) is 2. The van der Waals surface area contributed by atoms with Crippen LogP contribution in [0.3, 0.4) is 0 Å². The lowest BCUT2D eigenvalue weighted by molar-refractivity contribution is 0.195. The van der Waals surface area contributed by atoms with Gasteiger partial charge in [-0.3, -0.25) is 0 Å². The number of β-amino-alcohol motifs (C(OH)–C–C–N with tert-alkyl or cyclic N) is 1. The van der Waals surface area contributed by atoms with Gasteiger partial charge in [-0.25, -0.2) is 0 Å². The zero-order chi connectivity index (χ0) is 6.15. The van der Waals surface area contributed by atoms with Crippen molar-refractivity contribution < 1.29 is 5.11 Å².